The molecule has 2 atom stereocenters. The molecule has 0 aromatic heterocycles. The van der Waals surface area contributed by atoms with Crippen LogP contribution in [0.25, 0.3) is 0 Å². The highest BCUT2D eigenvalue weighted by molar-refractivity contribution is 5.19. The second kappa shape index (κ2) is 4.77. The molecule has 0 spiro atoms. The Bertz CT molecular complexity index is 493. The van der Waals surface area contributed by atoms with Gasteiger partial charge in [-0.2, -0.15) is 0 Å². The maximum Gasteiger partial charge on any atom is 0.0977 e. The first-order chi connectivity index (χ1) is 9.40. The van der Waals surface area contributed by atoms with Crippen LogP contribution in [0.2, 0.25) is 0 Å². The molecule has 1 aliphatic rings. The Hall–Kier alpha value is -0.860. The molecule has 15 heavy (non-hydrogen) atoms. The van der Waals surface area contributed by atoms with Gasteiger partial charge in [0, 0.05) is 12.6 Å². The van der Waals surface area contributed by atoms with Gasteiger partial charge in [-0.1, -0.05) is 37.1 Å². The Morgan fingerprint density at radius 1 is 1.47 bits per heavy atom. The molecule has 0 saturated carbocycles. The number of rotatable bonds is 2. The highest BCUT2D eigenvalue weighted by Gasteiger charge is 2.28. The molecule has 82 valence electrons. The van der Waals surface area contributed by atoms with E-state index in [1.165, 1.54) is 0 Å². The molecule has 0 amide bonds. The zero-order valence-corrected chi connectivity index (χ0v) is 9.13. The van der Waals surface area contributed by atoms with Gasteiger partial charge in [0.05, 0.1) is 19.6 Å². The Morgan fingerprint density at radius 3 is 2.87 bits per heavy atom. The second-order valence-electron chi connectivity index (χ2n) is 3.70. The maximum atomic E-state index is 8.01. The monoisotopic (exact) mass is 210 g/mol. The van der Waals surface area contributed by atoms with Crippen molar-refractivity contribution in [2.24, 2.45) is 0 Å². The molecule has 0 radical (unpaired) electrons. The normalized spacial score (nSPS) is 32.5. The highest BCUT2D eigenvalue weighted by Crippen LogP contribution is 2.27. The minimum Gasteiger partial charge on any atom is -0.371 e. The lowest BCUT2D eigenvalue weighted by atomic mass is 10.0. The van der Waals surface area contributed by atoms with Crippen LogP contribution in [0.4, 0.5) is 0 Å². The molecule has 2 nitrogen and oxygen atoms in total. The van der Waals surface area contributed by atoms with E-state index >= 15 is 0 Å². The minimum absolute atomic E-state index is 0.0164. The summed E-state index contributed by atoms with van der Waals surface area (Å²) in [5.74, 6) is 0. The van der Waals surface area contributed by atoms with Crippen molar-refractivity contribution in [3.05, 3.63) is 35.8 Å². The van der Waals surface area contributed by atoms with Crippen LogP contribution in [0.1, 0.15) is 32.4 Å². The second-order valence-corrected chi connectivity index (χ2v) is 3.70. The van der Waals surface area contributed by atoms with Crippen LogP contribution in [0.3, 0.4) is 0 Å². The Balaban J connectivity index is 2.52. The van der Waals surface area contributed by atoms with E-state index in [1.54, 1.807) is 0 Å². The van der Waals surface area contributed by atoms with Crippen LogP contribution in [0, 0.1) is 0 Å². The molecule has 1 aromatic rings. The summed E-state index contributed by atoms with van der Waals surface area (Å²) >= 11 is 0. The van der Waals surface area contributed by atoms with Crippen molar-refractivity contribution in [1.82, 2.24) is 4.90 Å². The van der Waals surface area contributed by atoms with Crippen LogP contribution >= 0.6 is 0 Å². The molecule has 0 aliphatic carbocycles. The fraction of sp³-hybridized carbons (Fsp3) is 0.538. The van der Waals surface area contributed by atoms with E-state index in [0.717, 1.165) is 13.1 Å². The van der Waals surface area contributed by atoms with Crippen LogP contribution in [0.15, 0.2) is 30.2 Å². The standard InChI is InChI=1S/C13H19NO/c1-3-14-9-10-15-13(11(14)2)12-7-5-4-6-8-12/h4-8,11,13H,3,9-10H2,1-2H3/i4D,5D,6D,7D,8D. The summed E-state index contributed by atoms with van der Waals surface area (Å²) in [6.07, 6.45) is -0.488. The first kappa shape index (κ1) is 6.02. The molecule has 1 fully saturated rings. The van der Waals surface area contributed by atoms with E-state index in [9.17, 15) is 0 Å². The smallest absolute Gasteiger partial charge is 0.0977 e. The quantitative estimate of drug-likeness (QED) is 0.743. The lowest BCUT2D eigenvalue weighted by Crippen LogP contribution is -2.45. The molecule has 0 N–H and O–H groups in total. The summed E-state index contributed by atoms with van der Waals surface area (Å²) in [4.78, 5) is 2.19. The lowest BCUT2D eigenvalue weighted by molar-refractivity contribution is -0.0650. The maximum absolute atomic E-state index is 8.01. The van der Waals surface area contributed by atoms with Gasteiger partial charge in [0.1, 0.15) is 0 Å². The fourth-order valence-corrected chi connectivity index (χ4v) is 2.00. The van der Waals surface area contributed by atoms with E-state index in [0.29, 0.717) is 6.61 Å². The van der Waals surface area contributed by atoms with Gasteiger partial charge < -0.3 is 4.74 Å². The zero-order chi connectivity index (χ0) is 15.0. The van der Waals surface area contributed by atoms with Gasteiger partial charge in [-0.25, -0.2) is 0 Å². The van der Waals surface area contributed by atoms with E-state index in [4.69, 9.17) is 11.6 Å². The number of hydrogen-bond donors (Lipinski definition) is 0. The number of benzene rings is 1. The number of ether oxygens (including phenoxy) is 1. The molecular weight excluding hydrogens is 186 g/mol. The van der Waals surface area contributed by atoms with Crippen molar-refractivity contribution in [3.8, 4) is 0 Å². The lowest BCUT2D eigenvalue weighted by Gasteiger charge is -2.38. The number of nitrogens with zero attached hydrogens (tertiary/aromatic N) is 1. The number of hydrogen-bond acceptors (Lipinski definition) is 2. The van der Waals surface area contributed by atoms with E-state index in [-0.39, 0.29) is 41.8 Å². The highest BCUT2D eigenvalue weighted by atomic mass is 16.5. The summed E-state index contributed by atoms with van der Waals surface area (Å²) in [5, 5.41) is 0. The molecule has 1 saturated heterocycles. The van der Waals surface area contributed by atoms with Gasteiger partial charge in [-0.05, 0) is 19.0 Å². The van der Waals surface area contributed by atoms with Crippen LogP contribution in [0.5, 0.6) is 0 Å². The summed E-state index contributed by atoms with van der Waals surface area (Å²) in [5.41, 5.74) is 0.265. The van der Waals surface area contributed by atoms with Crippen molar-refractivity contribution >= 4 is 0 Å². The Labute approximate surface area is 98.9 Å². The zero-order valence-electron chi connectivity index (χ0n) is 14.1. The predicted octanol–water partition coefficient (Wildman–Crippen LogP) is 2.47. The fourth-order valence-electron chi connectivity index (χ4n) is 2.00. The van der Waals surface area contributed by atoms with Gasteiger partial charge in [0.2, 0.25) is 0 Å². The van der Waals surface area contributed by atoms with Crippen LogP contribution in [-0.4, -0.2) is 30.6 Å². The van der Waals surface area contributed by atoms with Crippen LogP contribution < -0.4 is 0 Å². The van der Waals surface area contributed by atoms with E-state index < -0.39 is 6.10 Å². The van der Waals surface area contributed by atoms with Crippen LogP contribution in [-0.2, 0) is 4.74 Å². The van der Waals surface area contributed by atoms with Gasteiger partial charge >= 0.3 is 0 Å². The third-order valence-corrected chi connectivity index (χ3v) is 2.90. The van der Waals surface area contributed by atoms with Crippen molar-refractivity contribution in [2.45, 2.75) is 26.0 Å². The third-order valence-electron chi connectivity index (χ3n) is 2.90. The average molecular weight is 210 g/mol. The topological polar surface area (TPSA) is 12.5 Å². The summed E-state index contributed by atoms with van der Waals surface area (Å²) in [7, 11) is 0. The van der Waals surface area contributed by atoms with Crippen molar-refractivity contribution in [3.63, 3.8) is 0 Å². The largest absolute Gasteiger partial charge is 0.371 e. The molecule has 1 heterocycles. The average Bonchev–Trinajstić information content (AvgIpc) is 2.45. The van der Waals surface area contributed by atoms with Gasteiger partial charge in [-0.3, -0.25) is 4.90 Å². The molecule has 2 unspecified atom stereocenters. The van der Waals surface area contributed by atoms with E-state index in [1.807, 2.05) is 13.8 Å². The van der Waals surface area contributed by atoms with Gasteiger partial charge in [0.15, 0.2) is 0 Å². The molecule has 1 aliphatic heterocycles. The molecule has 0 bridgehead atoms. The summed E-state index contributed by atoms with van der Waals surface area (Å²) in [6.45, 7) is 6.16. The number of likely N-dealkylation sites (N-methyl/N-ethyl adjacent to an activating group) is 1. The predicted molar refractivity (Wildman–Crippen MR) is 61.8 cm³/mol. The Kier molecular flexibility index (Phi) is 1.92. The molecule has 1 aromatic carbocycles. The summed E-state index contributed by atoms with van der Waals surface area (Å²) in [6, 6.07) is -1.30. The Morgan fingerprint density at radius 2 is 2.20 bits per heavy atom. The SMILES string of the molecule is [2H]c1c([2H])c([2H])c(C2OCCN(CC)C2C)c([2H])c1[2H]. The molecular formula is C13H19NO. The number of morpholine rings is 1. The van der Waals surface area contributed by atoms with Crippen molar-refractivity contribution in [1.29, 1.82) is 0 Å². The van der Waals surface area contributed by atoms with Crippen molar-refractivity contribution in [2.75, 3.05) is 19.7 Å². The molecule has 2 heteroatoms. The van der Waals surface area contributed by atoms with Crippen molar-refractivity contribution < 1.29 is 11.6 Å². The summed E-state index contributed by atoms with van der Waals surface area (Å²) < 4.78 is 44.8. The van der Waals surface area contributed by atoms with Gasteiger partial charge in [-0.15, -0.1) is 0 Å². The molecule has 2 rings (SSSR count). The first-order valence-electron chi connectivity index (χ1n) is 7.82. The minimum atomic E-state index is -0.488. The third kappa shape index (κ3) is 2.21. The van der Waals surface area contributed by atoms with Gasteiger partial charge in [0.25, 0.3) is 0 Å². The first-order valence-corrected chi connectivity index (χ1v) is 5.32. The van der Waals surface area contributed by atoms with E-state index in [2.05, 4.69) is 4.90 Å².